The smallest absolute Gasteiger partial charge is 0.246 e. The topological polar surface area (TPSA) is 85.8 Å². The first kappa shape index (κ1) is 15.2. The highest BCUT2D eigenvalue weighted by atomic mass is 35.5. The maximum atomic E-state index is 12.2. The second-order valence-corrected chi connectivity index (χ2v) is 5.30. The van der Waals surface area contributed by atoms with Crippen LogP contribution in [0.3, 0.4) is 0 Å². The number of tetrazole rings is 1. The highest BCUT2D eigenvalue weighted by Crippen LogP contribution is 2.16. The van der Waals surface area contributed by atoms with Crippen LogP contribution in [-0.2, 0) is 11.3 Å². The van der Waals surface area contributed by atoms with Crippen molar-refractivity contribution in [1.29, 1.82) is 0 Å². The number of halogens is 1. The molecule has 3 rings (SSSR count). The van der Waals surface area contributed by atoms with Crippen LogP contribution in [-0.4, -0.2) is 26.1 Å². The van der Waals surface area contributed by atoms with Gasteiger partial charge in [-0.15, -0.1) is 10.2 Å². The van der Waals surface area contributed by atoms with Crippen LogP contribution in [0.5, 0.6) is 0 Å². The molecule has 2 heterocycles. The molecule has 7 nitrogen and oxygen atoms in total. The Balaban J connectivity index is 1.65. The number of amides is 1. The number of aromatic nitrogens is 4. The lowest BCUT2D eigenvalue weighted by molar-refractivity contribution is -0.124. The monoisotopic (exact) mass is 331 g/mol. The van der Waals surface area contributed by atoms with Crippen molar-refractivity contribution in [1.82, 2.24) is 25.5 Å². The third-order valence-corrected chi connectivity index (χ3v) is 3.68. The Morgan fingerprint density at radius 3 is 2.91 bits per heavy atom. The molecule has 0 fully saturated rings. The van der Waals surface area contributed by atoms with Gasteiger partial charge in [0.05, 0.1) is 6.26 Å². The Hall–Kier alpha value is -2.67. The molecule has 1 N–H and O–H groups in total. The van der Waals surface area contributed by atoms with E-state index in [1.54, 1.807) is 25.1 Å². The van der Waals surface area contributed by atoms with Crippen molar-refractivity contribution in [3.63, 3.8) is 0 Å². The van der Waals surface area contributed by atoms with E-state index in [4.69, 9.17) is 16.0 Å². The van der Waals surface area contributed by atoms with E-state index in [9.17, 15) is 4.79 Å². The summed E-state index contributed by atoms with van der Waals surface area (Å²) in [7, 11) is 0. The first-order valence-corrected chi connectivity index (χ1v) is 7.37. The molecule has 118 valence electrons. The Morgan fingerprint density at radius 1 is 1.35 bits per heavy atom. The van der Waals surface area contributed by atoms with E-state index in [0.29, 0.717) is 23.2 Å². The van der Waals surface area contributed by atoms with E-state index in [-0.39, 0.29) is 5.91 Å². The zero-order chi connectivity index (χ0) is 16.2. The number of carbonyl (C=O) groups is 1. The van der Waals surface area contributed by atoms with Crippen LogP contribution in [0.15, 0.2) is 47.1 Å². The summed E-state index contributed by atoms with van der Waals surface area (Å²) in [6, 6.07) is 10.2. The van der Waals surface area contributed by atoms with Gasteiger partial charge in [-0.3, -0.25) is 4.79 Å². The van der Waals surface area contributed by atoms with Crippen molar-refractivity contribution in [2.75, 3.05) is 0 Å². The number of hydrogen-bond acceptors (Lipinski definition) is 5. The van der Waals surface area contributed by atoms with Crippen molar-refractivity contribution in [3.8, 4) is 11.6 Å². The summed E-state index contributed by atoms with van der Waals surface area (Å²) in [5, 5.41) is 15.4. The minimum atomic E-state index is -0.603. The van der Waals surface area contributed by atoms with Gasteiger partial charge in [0.1, 0.15) is 6.04 Å². The quantitative estimate of drug-likeness (QED) is 0.776. The van der Waals surface area contributed by atoms with Gasteiger partial charge in [-0.1, -0.05) is 29.8 Å². The van der Waals surface area contributed by atoms with Gasteiger partial charge in [0, 0.05) is 11.6 Å². The molecule has 23 heavy (non-hydrogen) atoms. The van der Waals surface area contributed by atoms with Crippen LogP contribution in [0.2, 0.25) is 5.02 Å². The van der Waals surface area contributed by atoms with Crippen LogP contribution in [0, 0.1) is 0 Å². The molecule has 0 aliphatic carbocycles. The van der Waals surface area contributed by atoms with Crippen LogP contribution in [0.4, 0.5) is 0 Å². The summed E-state index contributed by atoms with van der Waals surface area (Å²) in [5.41, 5.74) is 0.845. The fourth-order valence-corrected chi connectivity index (χ4v) is 2.17. The second-order valence-electron chi connectivity index (χ2n) is 4.90. The highest BCUT2D eigenvalue weighted by molar-refractivity contribution is 6.31. The lowest BCUT2D eigenvalue weighted by Gasteiger charge is -2.11. The first-order valence-electron chi connectivity index (χ1n) is 6.99. The molecule has 3 aromatic rings. The number of nitrogens with zero attached hydrogens (tertiary/aromatic N) is 4. The lowest BCUT2D eigenvalue weighted by Crippen LogP contribution is -2.31. The molecule has 0 spiro atoms. The Kier molecular flexibility index (Phi) is 4.38. The standard InChI is InChI=1S/C15H14ClN5O2/c1-10(15(22)17-9-11-5-2-3-6-12(11)16)21-19-14(18-20-21)13-7-4-8-23-13/h2-8,10H,9H2,1H3,(H,17,22). The summed E-state index contributed by atoms with van der Waals surface area (Å²) < 4.78 is 5.20. The summed E-state index contributed by atoms with van der Waals surface area (Å²) in [5.74, 6) is 0.606. The minimum Gasteiger partial charge on any atom is -0.461 e. The molecule has 1 aromatic carbocycles. The van der Waals surface area contributed by atoms with E-state index in [2.05, 4.69) is 20.7 Å². The molecular weight excluding hydrogens is 318 g/mol. The van der Waals surface area contributed by atoms with E-state index in [0.717, 1.165) is 5.56 Å². The molecule has 0 saturated heterocycles. The Morgan fingerprint density at radius 2 is 2.17 bits per heavy atom. The van der Waals surface area contributed by atoms with Gasteiger partial charge in [-0.2, -0.15) is 4.80 Å². The summed E-state index contributed by atoms with van der Waals surface area (Å²) >= 11 is 6.06. The zero-order valence-corrected chi connectivity index (χ0v) is 13.1. The largest absolute Gasteiger partial charge is 0.461 e. The van der Waals surface area contributed by atoms with Crippen LogP contribution >= 0.6 is 11.6 Å². The number of furan rings is 1. The fourth-order valence-electron chi connectivity index (χ4n) is 1.97. The average Bonchev–Trinajstić information content (AvgIpc) is 3.23. The molecule has 0 aliphatic heterocycles. The molecule has 2 aromatic heterocycles. The molecule has 1 atom stereocenters. The van der Waals surface area contributed by atoms with Crippen LogP contribution < -0.4 is 5.32 Å². The van der Waals surface area contributed by atoms with Crippen LogP contribution in [0.1, 0.15) is 18.5 Å². The van der Waals surface area contributed by atoms with Gasteiger partial charge in [-0.05, 0) is 35.9 Å². The number of hydrogen-bond donors (Lipinski definition) is 1. The average molecular weight is 332 g/mol. The maximum Gasteiger partial charge on any atom is 0.246 e. The number of nitrogens with one attached hydrogen (secondary N) is 1. The number of carbonyl (C=O) groups excluding carboxylic acids is 1. The Labute approximate surface area is 137 Å². The molecular formula is C15H14ClN5O2. The predicted molar refractivity (Wildman–Crippen MR) is 83.5 cm³/mol. The maximum absolute atomic E-state index is 12.2. The molecule has 8 heteroatoms. The number of benzene rings is 1. The molecule has 0 saturated carbocycles. The molecule has 0 bridgehead atoms. The van der Waals surface area contributed by atoms with E-state index < -0.39 is 6.04 Å². The SMILES string of the molecule is CC(C(=O)NCc1ccccc1Cl)n1nnc(-c2ccco2)n1. The molecule has 1 unspecified atom stereocenters. The zero-order valence-electron chi connectivity index (χ0n) is 12.3. The van der Waals surface area contributed by atoms with Gasteiger partial charge >= 0.3 is 0 Å². The van der Waals surface area contributed by atoms with Gasteiger partial charge in [0.15, 0.2) is 5.76 Å². The van der Waals surface area contributed by atoms with E-state index in [1.807, 2.05) is 18.2 Å². The molecule has 0 radical (unpaired) electrons. The molecule has 1 amide bonds. The van der Waals surface area contributed by atoms with Crippen molar-refractivity contribution >= 4 is 17.5 Å². The third kappa shape index (κ3) is 3.40. The van der Waals surface area contributed by atoms with Crippen molar-refractivity contribution in [2.45, 2.75) is 19.5 Å². The lowest BCUT2D eigenvalue weighted by atomic mass is 10.2. The molecule has 0 aliphatic rings. The Bertz CT molecular complexity index is 800. The fraction of sp³-hybridized carbons (Fsp3) is 0.200. The van der Waals surface area contributed by atoms with E-state index >= 15 is 0 Å². The van der Waals surface area contributed by atoms with Crippen molar-refractivity contribution < 1.29 is 9.21 Å². The van der Waals surface area contributed by atoms with Crippen LogP contribution in [0.25, 0.3) is 11.6 Å². The number of rotatable bonds is 5. The second kappa shape index (κ2) is 6.62. The van der Waals surface area contributed by atoms with Crippen molar-refractivity contribution in [3.05, 3.63) is 53.2 Å². The summed E-state index contributed by atoms with van der Waals surface area (Å²) in [4.78, 5) is 13.5. The van der Waals surface area contributed by atoms with Gasteiger partial charge in [0.2, 0.25) is 11.7 Å². The first-order chi connectivity index (χ1) is 11.1. The minimum absolute atomic E-state index is 0.228. The third-order valence-electron chi connectivity index (χ3n) is 3.31. The van der Waals surface area contributed by atoms with Gasteiger partial charge in [-0.25, -0.2) is 0 Å². The highest BCUT2D eigenvalue weighted by Gasteiger charge is 2.19. The normalized spacial score (nSPS) is 12.1. The van der Waals surface area contributed by atoms with Crippen molar-refractivity contribution in [2.24, 2.45) is 0 Å². The summed E-state index contributed by atoms with van der Waals surface area (Å²) in [6.45, 7) is 2.03. The van der Waals surface area contributed by atoms with Gasteiger partial charge in [0.25, 0.3) is 0 Å². The summed E-state index contributed by atoms with van der Waals surface area (Å²) in [6.07, 6.45) is 1.52. The van der Waals surface area contributed by atoms with E-state index in [1.165, 1.54) is 11.1 Å². The predicted octanol–water partition coefficient (Wildman–Crippen LogP) is 2.46. The van der Waals surface area contributed by atoms with Gasteiger partial charge < -0.3 is 9.73 Å².